The van der Waals surface area contributed by atoms with Crippen molar-refractivity contribution < 1.29 is 0 Å². The van der Waals surface area contributed by atoms with Crippen LogP contribution in [0.2, 0.25) is 0 Å². The van der Waals surface area contributed by atoms with Crippen LogP contribution >= 0.6 is 35.3 Å². The Morgan fingerprint density at radius 2 is 1.89 bits per heavy atom. The van der Waals surface area contributed by atoms with Crippen LogP contribution in [0.25, 0.3) is 0 Å². The first-order valence-electron chi connectivity index (χ1n) is 9.72. The molecule has 0 bridgehead atoms. The molecule has 0 saturated heterocycles. The second-order valence-electron chi connectivity index (χ2n) is 6.86. The normalized spacial score (nSPS) is 12.6. The van der Waals surface area contributed by atoms with Crippen molar-refractivity contribution in [3.8, 4) is 0 Å². The highest BCUT2D eigenvalue weighted by atomic mass is 127. The molecule has 1 unspecified atom stereocenters. The number of likely N-dealkylation sites (N-methyl/N-ethyl adjacent to an activating group) is 1. The molecule has 2 N–H and O–H groups in total. The summed E-state index contributed by atoms with van der Waals surface area (Å²) in [5.41, 5.74) is 2.57. The lowest BCUT2D eigenvalue weighted by atomic mass is 10.0. The van der Waals surface area contributed by atoms with Gasteiger partial charge in [0, 0.05) is 30.6 Å². The van der Waals surface area contributed by atoms with Crippen LogP contribution in [0.5, 0.6) is 0 Å². The maximum atomic E-state index is 4.82. The molecule has 7 heteroatoms. The van der Waals surface area contributed by atoms with E-state index in [1.165, 1.54) is 21.0 Å². The summed E-state index contributed by atoms with van der Waals surface area (Å²) in [5, 5.41) is 7.96. The zero-order valence-electron chi connectivity index (χ0n) is 17.7. The molecule has 1 heterocycles. The Morgan fingerprint density at radius 1 is 1.18 bits per heavy atom. The van der Waals surface area contributed by atoms with Gasteiger partial charge in [0.1, 0.15) is 0 Å². The fourth-order valence-electron chi connectivity index (χ4n) is 2.79. The quantitative estimate of drug-likeness (QED) is 0.301. The number of benzene rings is 1. The Labute approximate surface area is 191 Å². The van der Waals surface area contributed by atoms with Crippen LogP contribution in [-0.2, 0) is 12.8 Å². The van der Waals surface area contributed by atoms with Crippen LogP contribution in [0.15, 0.2) is 35.5 Å². The average Bonchev–Trinajstić information content (AvgIpc) is 3.11. The minimum Gasteiger partial charge on any atom is -0.357 e. The summed E-state index contributed by atoms with van der Waals surface area (Å²) >= 11 is 1.80. The third-order valence-electron chi connectivity index (χ3n) is 4.43. The summed E-state index contributed by atoms with van der Waals surface area (Å²) in [7, 11) is 4.21. The molecular weight excluding hydrogens is 481 g/mol. The average molecular weight is 516 g/mol. The molecular formula is C21H34IN5S. The van der Waals surface area contributed by atoms with Gasteiger partial charge < -0.3 is 15.5 Å². The minimum atomic E-state index is 0. The molecule has 0 fully saturated rings. The second kappa shape index (κ2) is 13.1. The van der Waals surface area contributed by atoms with Gasteiger partial charge in [-0.05, 0) is 39.9 Å². The third kappa shape index (κ3) is 8.05. The number of thiazole rings is 1. The molecule has 1 aromatic heterocycles. The molecule has 0 saturated carbocycles. The van der Waals surface area contributed by atoms with Gasteiger partial charge in [-0.25, -0.2) is 4.98 Å². The summed E-state index contributed by atoms with van der Waals surface area (Å²) in [4.78, 5) is 12.9. The molecule has 156 valence electrons. The molecule has 0 spiro atoms. The number of nitrogens with one attached hydrogen (secondary N) is 2. The number of aryl methyl sites for hydroxylation is 2. The van der Waals surface area contributed by atoms with E-state index < -0.39 is 0 Å². The van der Waals surface area contributed by atoms with Gasteiger partial charge in [0.05, 0.1) is 17.6 Å². The summed E-state index contributed by atoms with van der Waals surface area (Å²) < 4.78 is 0. The van der Waals surface area contributed by atoms with Crippen LogP contribution < -0.4 is 10.6 Å². The van der Waals surface area contributed by atoms with Crippen molar-refractivity contribution in [3.63, 3.8) is 0 Å². The van der Waals surface area contributed by atoms with Crippen LogP contribution in [0.3, 0.4) is 0 Å². The van der Waals surface area contributed by atoms with Crippen molar-refractivity contribution in [2.75, 3.05) is 33.7 Å². The van der Waals surface area contributed by atoms with Gasteiger partial charge in [-0.1, -0.05) is 36.8 Å². The van der Waals surface area contributed by atoms with E-state index in [4.69, 9.17) is 4.99 Å². The van der Waals surface area contributed by atoms with Crippen molar-refractivity contribution in [3.05, 3.63) is 51.5 Å². The number of nitrogens with zero attached hydrogens (tertiary/aromatic N) is 3. The van der Waals surface area contributed by atoms with E-state index in [9.17, 15) is 0 Å². The maximum absolute atomic E-state index is 4.82. The summed E-state index contributed by atoms with van der Waals surface area (Å²) in [6.07, 6.45) is 3.97. The Balaban J connectivity index is 0.00000392. The van der Waals surface area contributed by atoms with E-state index in [1.54, 1.807) is 11.3 Å². The topological polar surface area (TPSA) is 52.6 Å². The highest BCUT2D eigenvalue weighted by molar-refractivity contribution is 14.0. The van der Waals surface area contributed by atoms with Gasteiger partial charge in [0.15, 0.2) is 5.96 Å². The number of aliphatic imine (C=N–C) groups is 1. The molecule has 2 rings (SSSR count). The summed E-state index contributed by atoms with van der Waals surface area (Å²) in [6.45, 7) is 8.77. The molecule has 5 nitrogen and oxygen atoms in total. The van der Waals surface area contributed by atoms with Crippen molar-refractivity contribution in [1.29, 1.82) is 0 Å². The fraction of sp³-hybridized carbons (Fsp3) is 0.524. The largest absolute Gasteiger partial charge is 0.357 e. The Kier molecular flexibility index (Phi) is 11.6. The highest BCUT2D eigenvalue weighted by Crippen LogP contribution is 2.19. The van der Waals surface area contributed by atoms with Crippen molar-refractivity contribution >= 4 is 41.3 Å². The minimum absolute atomic E-state index is 0. The van der Waals surface area contributed by atoms with Gasteiger partial charge >= 0.3 is 0 Å². The summed E-state index contributed by atoms with van der Waals surface area (Å²) in [5.74, 6) is 0.865. The lowest BCUT2D eigenvalue weighted by molar-refractivity contribution is 0.306. The zero-order chi connectivity index (χ0) is 19.6. The highest BCUT2D eigenvalue weighted by Gasteiger charge is 2.14. The van der Waals surface area contributed by atoms with Gasteiger partial charge in [-0.15, -0.1) is 35.3 Å². The summed E-state index contributed by atoms with van der Waals surface area (Å²) in [6, 6.07) is 8.98. The first-order chi connectivity index (χ1) is 13.0. The number of hydrogen-bond donors (Lipinski definition) is 2. The van der Waals surface area contributed by atoms with E-state index in [-0.39, 0.29) is 30.0 Å². The predicted molar refractivity (Wildman–Crippen MR) is 132 cm³/mol. The van der Waals surface area contributed by atoms with E-state index >= 15 is 0 Å². The standard InChI is InChI=1S/C21H33N5S.HI/c1-6-18-14-24-20(27-18)12-13-23-21(22-7-2)25-15-19(26(4)5)17-10-8-16(3)9-11-17;/h8-11,14,19H,6-7,12-13,15H2,1-5H3,(H2,22,23,25);1H. The SMILES string of the molecule is CCNC(=NCC(c1ccc(C)cc1)N(C)C)NCCc1ncc(CC)s1.I. The van der Waals surface area contributed by atoms with Crippen LogP contribution in [0.1, 0.15) is 40.9 Å². The first kappa shape index (κ1) is 24.8. The van der Waals surface area contributed by atoms with Crippen LogP contribution in [0.4, 0.5) is 0 Å². The maximum Gasteiger partial charge on any atom is 0.191 e. The smallest absolute Gasteiger partial charge is 0.191 e. The molecule has 0 aliphatic carbocycles. The number of aromatic nitrogens is 1. The monoisotopic (exact) mass is 515 g/mol. The van der Waals surface area contributed by atoms with Crippen molar-refractivity contribution in [1.82, 2.24) is 20.5 Å². The third-order valence-corrected chi connectivity index (χ3v) is 5.63. The molecule has 0 aliphatic heterocycles. The molecule has 0 radical (unpaired) electrons. The molecule has 1 aromatic carbocycles. The molecule has 28 heavy (non-hydrogen) atoms. The Bertz CT molecular complexity index is 712. The molecule has 2 aromatic rings. The fourth-order valence-corrected chi connectivity index (χ4v) is 3.65. The van der Waals surface area contributed by atoms with E-state index in [2.05, 4.69) is 79.6 Å². The van der Waals surface area contributed by atoms with Gasteiger partial charge in [-0.3, -0.25) is 4.99 Å². The number of hydrogen-bond acceptors (Lipinski definition) is 4. The van der Waals surface area contributed by atoms with Crippen LogP contribution in [-0.4, -0.2) is 49.6 Å². The molecule has 0 amide bonds. The van der Waals surface area contributed by atoms with Gasteiger partial charge in [0.2, 0.25) is 0 Å². The van der Waals surface area contributed by atoms with E-state index in [0.717, 1.165) is 31.9 Å². The molecule has 1 atom stereocenters. The second-order valence-corrected chi connectivity index (χ2v) is 8.06. The molecule has 0 aliphatic rings. The van der Waals surface area contributed by atoms with E-state index in [1.807, 2.05) is 6.20 Å². The number of guanidine groups is 1. The Hall–Kier alpha value is -1.19. The van der Waals surface area contributed by atoms with Crippen LogP contribution in [0, 0.1) is 6.92 Å². The van der Waals surface area contributed by atoms with Crippen molar-refractivity contribution in [2.24, 2.45) is 4.99 Å². The lowest BCUT2D eigenvalue weighted by Crippen LogP contribution is -2.39. The van der Waals surface area contributed by atoms with Gasteiger partial charge in [-0.2, -0.15) is 0 Å². The Morgan fingerprint density at radius 3 is 2.46 bits per heavy atom. The zero-order valence-corrected chi connectivity index (χ0v) is 20.8. The number of rotatable bonds is 9. The lowest BCUT2D eigenvalue weighted by Gasteiger charge is -2.24. The van der Waals surface area contributed by atoms with Crippen molar-refractivity contribution in [2.45, 2.75) is 39.7 Å². The number of halogens is 1. The first-order valence-corrected chi connectivity index (χ1v) is 10.5. The van der Waals surface area contributed by atoms with Gasteiger partial charge in [0.25, 0.3) is 0 Å². The van der Waals surface area contributed by atoms with E-state index in [0.29, 0.717) is 6.54 Å². The predicted octanol–water partition coefficient (Wildman–Crippen LogP) is 4.03.